The lowest BCUT2D eigenvalue weighted by molar-refractivity contribution is -0.137. The maximum Gasteiger partial charge on any atom is 0.417 e. The van der Waals surface area contributed by atoms with Crippen LogP contribution in [0.25, 0.3) is 0 Å². The number of hydrogen-bond acceptors (Lipinski definition) is 1. The Labute approximate surface area is 111 Å². The van der Waals surface area contributed by atoms with Gasteiger partial charge in [0.2, 0.25) is 0 Å². The Morgan fingerprint density at radius 2 is 1.84 bits per heavy atom. The predicted molar refractivity (Wildman–Crippen MR) is 69.1 cm³/mol. The summed E-state index contributed by atoms with van der Waals surface area (Å²) in [4.78, 5) is 11.8. The van der Waals surface area contributed by atoms with Crippen LogP contribution in [-0.4, -0.2) is 5.78 Å². The van der Waals surface area contributed by atoms with E-state index in [1.54, 1.807) is 6.08 Å². The third kappa shape index (κ3) is 4.89. The highest BCUT2D eigenvalue weighted by Crippen LogP contribution is 2.32. The number of unbranched alkanes of at least 4 members (excludes halogenated alkanes) is 3. The molecule has 0 spiro atoms. The van der Waals surface area contributed by atoms with Crippen LogP contribution in [0.1, 0.15) is 48.0 Å². The molecule has 0 saturated heterocycles. The van der Waals surface area contributed by atoms with E-state index in [0.717, 1.165) is 25.3 Å². The molecule has 19 heavy (non-hydrogen) atoms. The lowest BCUT2D eigenvalue weighted by Gasteiger charge is -2.11. The molecule has 1 aromatic rings. The van der Waals surface area contributed by atoms with Gasteiger partial charge in [-0.2, -0.15) is 13.2 Å². The first-order chi connectivity index (χ1) is 8.96. The molecule has 0 amide bonds. The maximum atomic E-state index is 12.7. The molecule has 0 atom stereocenters. The minimum absolute atomic E-state index is 0.157. The van der Waals surface area contributed by atoms with Gasteiger partial charge in [-0.1, -0.05) is 30.7 Å². The Bertz CT molecular complexity index is 435. The van der Waals surface area contributed by atoms with Crippen molar-refractivity contribution in [2.24, 2.45) is 0 Å². The zero-order valence-corrected chi connectivity index (χ0v) is 10.7. The van der Waals surface area contributed by atoms with Crippen molar-refractivity contribution in [1.29, 1.82) is 0 Å². The molecule has 0 N–H and O–H groups in total. The van der Waals surface area contributed by atoms with Gasteiger partial charge in [0.25, 0.3) is 0 Å². The molecule has 0 fully saturated rings. The Morgan fingerprint density at radius 1 is 1.16 bits per heavy atom. The normalized spacial score (nSPS) is 11.3. The van der Waals surface area contributed by atoms with Crippen LogP contribution in [0.3, 0.4) is 0 Å². The molecule has 0 unspecified atom stereocenters. The van der Waals surface area contributed by atoms with Crippen molar-refractivity contribution in [2.75, 3.05) is 0 Å². The van der Waals surface area contributed by atoms with E-state index >= 15 is 0 Å². The Morgan fingerprint density at radius 3 is 2.47 bits per heavy atom. The number of Topliss-reactive ketones (excluding diaryl/α,β-unsaturated/α-hetero) is 1. The summed E-state index contributed by atoms with van der Waals surface area (Å²) in [5.41, 5.74) is -1.06. The first-order valence-electron chi connectivity index (χ1n) is 6.27. The Balaban J connectivity index is 2.64. The van der Waals surface area contributed by atoms with E-state index in [1.807, 2.05) is 0 Å². The number of carbonyl (C=O) groups is 1. The number of halogens is 3. The number of alkyl halides is 3. The van der Waals surface area contributed by atoms with E-state index in [1.165, 1.54) is 18.2 Å². The van der Waals surface area contributed by atoms with Crippen LogP contribution < -0.4 is 0 Å². The topological polar surface area (TPSA) is 17.1 Å². The average Bonchev–Trinajstić information content (AvgIpc) is 2.37. The molecular formula is C15H17F3O. The highest BCUT2D eigenvalue weighted by molar-refractivity contribution is 5.97. The number of hydrogen-bond donors (Lipinski definition) is 0. The third-order valence-corrected chi connectivity index (χ3v) is 2.84. The summed E-state index contributed by atoms with van der Waals surface area (Å²) in [6.07, 6.45) is 0.690. The summed E-state index contributed by atoms with van der Waals surface area (Å²) < 4.78 is 38.2. The highest BCUT2D eigenvalue weighted by Gasteiger charge is 2.34. The molecule has 0 heterocycles. The first-order valence-corrected chi connectivity index (χ1v) is 6.27. The SMILES string of the molecule is C=CCCCCCC(=O)c1ccccc1C(F)(F)F. The minimum Gasteiger partial charge on any atom is -0.294 e. The lowest BCUT2D eigenvalue weighted by atomic mass is 9.99. The van der Waals surface area contributed by atoms with E-state index in [4.69, 9.17) is 0 Å². The van der Waals surface area contributed by atoms with E-state index in [2.05, 4.69) is 6.58 Å². The summed E-state index contributed by atoms with van der Waals surface area (Å²) in [6.45, 7) is 3.59. The second kappa shape index (κ2) is 7.12. The van der Waals surface area contributed by atoms with Crippen molar-refractivity contribution in [3.63, 3.8) is 0 Å². The van der Waals surface area contributed by atoms with Crippen LogP contribution in [-0.2, 0) is 6.18 Å². The van der Waals surface area contributed by atoms with Gasteiger partial charge in [0.05, 0.1) is 5.56 Å². The number of ketones is 1. The maximum absolute atomic E-state index is 12.7. The predicted octanol–water partition coefficient (Wildman–Crippen LogP) is 5.02. The smallest absolute Gasteiger partial charge is 0.294 e. The molecule has 0 aliphatic heterocycles. The second-order valence-electron chi connectivity index (χ2n) is 4.35. The van der Waals surface area contributed by atoms with Gasteiger partial charge in [-0.05, 0) is 25.3 Å². The standard InChI is InChI=1S/C15H17F3O/c1-2-3-4-5-6-11-14(19)12-9-7-8-10-13(12)15(16,17)18/h2,7-10H,1,3-6,11H2. The minimum atomic E-state index is -4.48. The van der Waals surface area contributed by atoms with Crippen molar-refractivity contribution in [2.45, 2.75) is 38.3 Å². The van der Waals surface area contributed by atoms with Crippen LogP contribution in [0.5, 0.6) is 0 Å². The fourth-order valence-electron chi connectivity index (χ4n) is 1.86. The fourth-order valence-corrected chi connectivity index (χ4v) is 1.86. The Kier molecular flexibility index (Phi) is 5.80. The van der Waals surface area contributed by atoms with Crippen LogP contribution in [0.4, 0.5) is 13.2 Å². The van der Waals surface area contributed by atoms with Gasteiger partial charge < -0.3 is 0 Å². The fraction of sp³-hybridized carbons (Fsp3) is 0.400. The Hall–Kier alpha value is -1.58. The quantitative estimate of drug-likeness (QED) is 0.386. The molecule has 1 aromatic carbocycles. The summed E-state index contributed by atoms with van der Waals surface area (Å²) in [5, 5.41) is 0. The van der Waals surface area contributed by atoms with Gasteiger partial charge in [0.1, 0.15) is 0 Å². The average molecular weight is 270 g/mol. The largest absolute Gasteiger partial charge is 0.417 e. The summed E-state index contributed by atoms with van der Waals surface area (Å²) >= 11 is 0. The number of rotatable bonds is 7. The molecule has 0 radical (unpaired) electrons. The van der Waals surface area contributed by atoms with Crippen molar-refractivity contribution in [1.82, 2.24) is 0 Å². The van der Waals surface area contributed by atoms with E-state index < -0.39 is 17.5 Å². The van der Waals surface area contributed by atoms with Crippen LogP contribution >= 0.6 is 0 Å². The highest BCUT2D eigenvalue weighted by atomic mass is 19.4. The zero-order chi connectivity index (χ0) is 14.3. The van der Waals surface area contributed by atoms with Crippen molar-refractivity contribution in [3.8, 4) is 0 Å². The van der Waals surface area contributed by atoms with Crippen LogP contribution in [0.2, 0.25) is 0 Å². The van der Waals surface area contributed by atoms with Crippen LogP contribution in [0.15, 0.2) is 36.9 Å². The summed E-state index contributed by atoms with van der Waals surface area (Å²) in [6, 6.07) is 4.95. The molecular weight excluding hydrogens is 253 g/mol. The summed E-state index contributed by atoms with van der Waals surface area (Å²) in [5.74, 6) is -0.438. The molecule has 0 bridgehead atoms. The summed E-state index contributed by atoms with van der Waals surface area (Å²) in [7, 11) is 0. The monoisotopic (exact) mass is 270 g/mol. The molecule has 0 aromatic heterocycles. The van der Waals surface area contributed by atoms with E-state index in [-0.39, 0.29) is 12.0 Å². The lowest BCUT2D eigenvalue weighted by Crippen LogP contribution is -2.12. The van der Waals surface area contributed by atoms with Crippen LogP contribution in [0, 0.1) is 0 Å². The van der Waals surface area contributed by atoms with Gasteiger partial charge in [-0.3, -0.25) is 4.79 Å². The molecule has 0 aliphatic rings. The van der Waals surface area contributed by atoms with Crippen molar-refractivity contribution in [3.05, 3.63) is 48.0 Å². The van der Waals surface area contributed by atoms with Gasteiger partial charge in [-0.15, -0.1) is 6.58 Å². The number of allylic oxidation sites excluding steroid dienone is 1. The van der Waals surface area contributed by atoms with Gasteiger partial charge in [0.15, 0.2) is 5.78 Å². The third-order valence-electron chi connectivity index (χ3n) is 2.84. The molecule has 1 rings (SSSR count). The number of carbonyl (C=O) groups excluding carboxylic acids is 1. The van der Waals surface area contributed by atoms with Gasteiger partial charge in [0, 0.05) is 12.0 Å². The van der Waals surface area contributed by atoms with Crippen molar-refractivity contribution >= 4 is 5.78 Å². The van der Waals surface area contributed by atoms with Gasteiger partial charge in [-0.25, -0.2) is 0 Å². The van der Waals surface area contributed by atoms with E-state index in [9.17, 15) is 18.0 Å². The molecule has 0 saturated carbocycles. The van der Waals surface area contributed by atoms with Gasteiger partial charge >= 0.3 is 6.18 Å². The van der Waals surface area contributed by atoms with Crippen molar-refractivity contribution < 1.29 is 18.0 Å². The van der Waals surface area contributed by atoms with E-state index in [0.29, 0.717) is 6.42 Å². The molecule has 0 aliphatic carbocycles. The first kappa shape index (κ1) is 15.5. The second-order valence-corrected chi connectivity index (χ2v) is 4.35. The zero-order valence-electron chi connectivity index (χ0n) is 10.7. The molecule has 104 valence electrons. The number of benzene rings is 1. The molecule has 4 heteroatoms. The molecule has 1 nitrogen and oxygen atoms in total.